The molecule has 0 aliphatic heterocycles. The van der Waals surface area contributed by atoms with Crippen molar-refractivity contribution in [3.8, 4) is 5.75 Å². The molecule has 0 amide bonds. The van der Waals surface area contributed by atoms with Crippen molar-refractivity contribution in [2.45, 2.75) is 25.5 Å². The van der Waals surface area contributed by atoms with Gasteiger partial charge in [-0.25, -0.2) is 0 Å². The molecule has 0 N–H and O–H groups in total. The fourth-order valence-corrected chi connectivity index (χ4v) is 2.37. The Morgan fingerprint density at radius 1 is 1.10 bits per heavy atom. The van der Waals surface area contributed by atoms with Crippen LogP contribution in [0.2, 0.25) is 0 Å². The zero-order valence-electron chi connectivity index (χ0n) is 11.7. The van der Waals surface area contributed by atoms with Crippen molar-refractivity contribution in [3.63, 3.8) is 0 Å². The Hall–Kier alpha value is -1.74. The standard InChI is InChI=1S/C17H18O2S/c1-12-3-5-14(6-4-12)11-17(20)15-7-9-16(10-8-15)19-13(2)18/h3-10,17,20H,11H2,1-2H3. The van der Waals surface area contributed by atoms with Crippen LogP contribution in [0.25, 0.3) is 0 Å². The molecule has 0 saturated carbocycles. The summed E-state index contributed by atoms with van der Waals surface area (Å²) in [6.45, 7) is 3.47. The molecule has 0 aromatic heterocycles. The van der Waals surface area contributed by atoms with E-state index in [2.05, 4.69) is 43.8 Å². The number of aryl methyl sites for hydroxylation is 1. The topological polar surface area (TPSA) is 26.3 Å². The maximum Gasteiger partial charge on any atom is 0.308 e. The van der Waals surface area contributed by atoms with Crippen LogP contribution >= 0.6 is 12.6 Å². The summed E-state index contributed by atoms with van der Waals surface area (Å²) >= 11 is 4.65. The fourth-order valence-electron chi connectivity index (χ4n) is 1.99. The van der Waals surface area contributed by atoms with Gasteiger partial charge in [0.2, 0.25) is 0 Å². The summed E-state index contributed by atoms with van der Waals surface area (Å²) in [7, 11) is 0. The Morgan fingerprint density at radius 2 is 1.70 bits per heavy atom. The summed E-state index contributed by atoms with van der Waals surface area (Å²) in [6, 6.07) is 16.0. The van der Waals surface area contributed by atoms with Crippen molar-refractivity contribution < 1.29 is 9.53 Å². The normalized spacial score (nSPS) is 11.9. The van der Waals surface area contributed by atoms with Gasteiger partial charge >= 0.3 is 5.97 Å². The van der Waals surface area contributed by atoms with Crippen molar-refractivity contribution in [1.29, 1.82) is 0 Å². The zero-order valence-corrected chi connectivity index (χ0v) is 12.6. The van der Waals surface area contributed by atoms with E-state index in [1.165, 1.54) is 18.1 Å². The number of hydrogen-bond acceptors (Lipinski definition) is 3. The summed E-state index contributed by atoms with van der Waals surface area (Å²) in [5, 5.41) is 0.129. The predicted octanol–water partition coefficient (Wildman–Crippen LogP) is 4.13. The van der Waals surface area contributed by atoms with Crippen LogP contribution in [0.5, 0.6) is 5.75 Å². The highest BCUT2D eigenvalue weighted by Crippen LogP contribution is 2.26. The second-order valence-corrected chi connectivity index (χ2v) is 5.49. The van der Waals surface area contributed by atoms with E-state index in [1.54, 1.807) is 12.1 Å². The Kier molecular flexibility index (Phi) is 4.85. The lowest BCUT2D eigenvalue weighted by atomic mass is 10.0. The minimum absolute atomic E-state index is 0.129. The largest absolute Gasteiger partial charge is 0.427 e. The smallest absolute Gasteiger partial charge is 0.308 e. The van der Waals surface area contributed by atoms with Crippen LogP contribution in [-0.4, -0.2) is 5.97 Å². The van der Waals surface area contributed by atoms with Gasteiger partial charge in [0, 0.05) is 12.2 Å². The molecular weight excluding hydrogens is 268 g/mol. The molecule has 0 aliphatic carbocycles. The van der Waals surface area contributed by atoms with Crippen molar-refractivity contribution in [3.05, 3.63) is 65.2 Å². The van der Waals surface area contributed by atoms with Gasteiger partial charge in [0.15, 0.2) is 0 Å². The van der Waals surface area contributed by atoms with Crippen LogP contribution in [0.1, 0.15) is 28.9 Å². The molecule has 0 spiro atoms. The monoisotopic (exact) mass is 286 g/mol. The molecule has 0 bridgehead atoms. The van der Waals surface area contributed by atoms with Crippen LogP contribution in [0.3, 0.4) is 0 Å². The Balaban J connectivity index is 2.03. The first-order chi connectivity index (χ1) is 9.54. The van der Waals surface area contributed by atoms with Gasteiger partial charge in [-0.1, -0.05) is 42.0 Å². The molecule has 1 atom stereocenters. The summed E-state index contributed by atoms with van der Waals surface area (Å²) in [4.78, 5) is 10.9. The minimum Gasteiger partial charge on any atom is -0.427 e. The van der Waals surface area contributed by atoms with E-state index in [-0.39, 0.29) is 11.2 Å². The van der Waals surface area contributed by atoms with Gasteiger partial charge in [0.25, 0.3) is 0 Å². The highest BCUT2D eigenvalue weighted by Gasteiger charge is 2.08. The number of benzene rings is 2. The van der Waals surface area contributed by atoms with Crippen molar-refractivity contribution in [1.82, 2.24) is 0 Å². The first-order valence-corrected chi connectivity index (χ1v) is 7.08. The molecule has 3 heteroatoms. The Labute approximate surface area is 125 Å². The summed E-state index contributed by atoms with van der Waals surface area (Å²) in [6.07, 6.45) is 0.871. The number of thiol groups is 1. The SMILES string of the molecule is CC(=O)Oc1ccc(C(S)Cc2ccc(C)cc2)cc1. The molecule has 0 heterocycles. The van der Waals surface area contributed by atoms with Crippen LogP contribution in [0, 0.1) is 6.92 Å². The third-order valence-corrected chi connectivity index (χ3v) is 3.56. The number of carbonyl (C=O) groups is 1. The molecule has 0 fully saturated rings. The summed E-state index contributed by atoms with van der Waals surface area (Å²) < 4.78 is 5.02. The highest BCUT2D eigenvalue weighted by molar-refractivity contribution is 7.80. The van der Waals surface area contributed by atoms with Crippen LogP contribution in [-0.2, 0) is 11.2 Å². The molecule has 0 radical (unpaired) electrons. The number of hydrogen-bond donors (Lipinski definition) is 1. The minimum atomic E-state index is -0.306. The van der Waals surface area contributed by atoms with Crippen LogP contribution in [0.15, 0.2) is 48.5 Å². The van der Waals surface area contributed by atoms with Gasteiger partial charge in [-0.15, -0.1) is 0 Å². The van der Waals surface area contributed by atoms with Crippen LogP contribution < -0.4 is 4.74 Å². The third-order valence-electron chi connectivity index (χ3n) is 3.08. The lowest BCUT2D eigenvalue weighted by Crippen LogP contribution is -2.01. The lowest BCUT2D eigenvalue weighted by Gasteiger charge is -2.12. The zero-order chi connectivity index (χ0) is 14.5. The van der Waals surface area contributed by atoms with E-state index in [4.69, 9.17) is 4.74 Å². The Bertz CT molecular complexity index is 573. The van der Waals surface area contributed by atoms with Crippen molar-refractivity contribution in [2.75, 3.05) is 0 Å². The van der Waals surface area contributed by atoms with Gasteiger partial charge in [-0.05, 0) is 36.6 Å². The second-order valence-electron chi connectivity index (χ2n) is 4.87. The van der Waals surface area contributed by atoms with Gasteiger partial charge in [-0.2, -0.15) is 12.6 Å². The number of esters is 1. The van der Waals surface area contributed by atoms with E-state index in [0.717, 1.165) is 12.0 Å². The van der Waals surface area contributed by atoms with Gasteiger partial charge in [-0.3, -0.25) is 4.79 Å². The lowest BCUT2D eigenvalue weighted by molar-refractivity contribution is -0.131. The van der Waals surface area contributed by atoms with Gasteiger partial charge < -0.3 is 4.74 Å². The average Bonchev–Trinajstić information content (AvgIpc) is 2.41. The third kappa shape index (κ3) is 4.14. The predicted molar refractivity (Wildman–Crippen MR) is 84.4 cm³/mol. The molecule has 104 valence electrons. The molecule has 2 aromatic carbocycles. The number of ether oxygens (including phenoxy) is 1. The fraction of sp³-hybridized carbons (Fsp3) is 0.235. The molecule has 0 aliphatic rings. The van der Waals surface area contributed by atoms with Crippen molar-refractivity contribution in [2.24, 2.45) is 0 Å². The average molecular weight is 286 g/mol. The molecule has 0 saturated heterocycles. The summed E-state index contributed by atoms with van der Waals surface area (Å²) in [5.41, 5.74) is 3.64. The van der Waals surface area contributed by atoms with E-state index in [0.29, 0.717) is 5.75 Å². The molecule has 2 nitrogen and oxygen atoms in total. The maximum atomic E-state index is 10.9. The van der Waals surface area contributed by atoms with Crippen molar-refractivity contribution >= 4 is 18.6 Å². The van der Waals surface area contributed by atoms with E-state index in [9.17, 15) is 4.79 Å². The Morgan fingerprint density at radius 3 is 2.25 bits per heavy atom. The highest BCUT2D eigenvalue weighted by atomic mass is 32.1. The number of carbonyl (C=O) groups excluding carboxylic acids is 1. The van der Waals surface area contributed by atoms with E-state index < -0.39 is 0 Å². The van der Waals surface area contributed by atoms with Crippen LogP contribution in [0.4, 0.5) is 0 Å². The van der Waals surface area contributed by atoms with Gasteiger partial charge in [0.1, 0.15) is 5.75 Å². The first kappa shape index (κ1) is 14.7. The maximum absolute atomic E-state index is 10.9. The first-order valence-electron chi connectivity index (χ1n) is 6.56. The summed E-state index contributed by atoms with van der Waals surface area (Å²) in [5.74, 6) is 0.261. The molecule has 2 rings (SSSR count). The van der Waals surface area contributed by atoms with Gasteiger partial charge in [0.05, 0.1) is 0 Å². The van der Waals surface area contributed by atoms with E-state index >= 15 is 0 Å². The molecular formula is C17H18O2S. The molecule has 20 heavy (non-hydrogen) atoms. The number of rotatable bonds is 4. The van der Waals surface area contributed by atoms with E-state index in [1.807, 2.05) is 12.1 Å². The molecule has 1 unspecified atom stereocenters. The second kappa shape index (κ2) is 6.62. The molecule has 2 aromatic rings. The quantitative estimate of drug-likeness (QED) is 0.519.